The fourth-order valence-corrected chi connectivity index (χ4v) is 3.58. The number of rotatable bonds is 4. The molecule has 2 aliphatic heterocycles. The number of hydrogen-bond donors (Lipinski definition) is 1. The molecule has 2 aliphatic rings. The zero-order chi connectivity index (χ0) is 13.4. The molecule has 0 aromatic carbocycles. The van der Waals surface area contributed by atoms with Crippen LogP contribution < -0.4 is 5.56 Å². The van der Waals surface area contributed by atoms with Crippen molar-refractivity contribution in [1.82, 2.24) is 9.47 Å². The average Bonchev–Trinajstić information content (AvgIpc) is 2.95. The number of pyridine rings is 1. The molecule has 2 bridgehead atoms. The molecule has 0 aliphatic carbocycles. The van der Waals surface area contributed by atoms with Crippen molar-refractivity contribution in [1.29, 1.82) is 0 Å². The van der Waals surface area contributed by atoms with E-state index in [9.17, 15) is 14.7 Å². The summed E-state index contributed by atoms with van der Waals surface area (Å²) in [6, 6.07) is 5.70. The Labute approximate surface area is 111 Å². The van der Waals surface area contributed by atoms with E-state index in [-0.39, 0.29) is 17.5 Å². The third-order valence-corrected chi connectivity index (χ3v) is 4.50. The highest BCUT2D eigenvalue weighted by molar-refractivity contribution is 5.71. The van der Waals surface area contributed by atoms with E-state index in [1.807, 2.05) is 6.07 Å². The first-order valence-electron chi connectivity index (χ1n) is 6.81. The van der Waals surface area contributed by atoms with E-state index in [4.69, 9.17) is 0 Å². The van der Waals surface area contributed by atoms with Gasteiger partial charge in [0.15, 0.2) is 0 Å². The summed E-state index contributed by atoms with van der Waals surface area (Å²) in [6.45, 7) is 1.40. The Balaban J connectivity index is 1.67. The SMILES string of the molecule is O=C(O)C1CC2CCC1N2CCn1ccccc1=O. The van der Waals surface area contributed by atoms with Crippen LogP contribution in [0.5, 0.6) is 0 Å². The summed E-state index contributed by atoms with van der Waals surface area (Å²) in [5, 5.41) is 9.20. The van der Waals surface area contributed by atoms with Crippen molar-refractivity contribution in [2.45, 2.75) is 37.9 Å². The van der Waals surface area contributed by atoms with Crippen LogP contribution in [-0.4, -0.2) is 39.2 Å². The normalized spacial score (nSPS) is 29.8. The molecular weight excluding hydrogens is 244 g/mol. The average molecular weight is 262 g/mol. The number of aromatic nitrogens is 1. The molecule has 0 radical (unpaired) electrons. The van der Waals surface area contributed by atoms with E-state index in [1.165, 1.54) is 0 Å². The lowest BCUT2D eigenvalue weighted by atomic mass is 9.89. The third kappa shape index (κ3) is 2.18. The van der Waals surface area contributed by atoms with Gasteiger partial charge in [0.2, 0.25) is 0 Å². The number of aliphatic carboxylic acids is 1. The van der Waals surface area contributed by atoms with Gasteiger partial charge in [-0.2, -0.15) is 0 Å². The minimum atomic E-state index is -0.672. The van der Waals surface area contributed by atoms with Crippen molar-refractivity contribution in [3.05, 3.63) is 34.7 Å². The molecule has 19 heavy (non-hydrogen) atoms. The van der Waals surface area contributed by atoms with Crippen LogP contribution >= 0.6 is 0 Å². The second kappa shape index (κ2) is 4.81. The summed E-state index contributed by atoms with van der Waals surface area (Å²) >= 11 is 0. The van der Waals surface area contributed by atoms with Crippen LogP contribution in [0.25, 0.3) is 0 Å². The van der Waals surface area contributed by atoms with E-state index >= 15 is 0 Å². The number of fused-ring (bicyclic) bond motifs is 2. The minimum absolute atomic E-state index is 0.00354. The fraction of sp³-hybridized carbons (Fsp3) is 0.571. The molecule has 0 saturated carbocycles. The maximum absolute atomic E-state index is 11.6. The minimum Gasteiger partial charge on any atom is -0.481 e. The van der Waals surface area contributed by atoms with Gasteiger partial charge in [0, 0.05) is 37.4 Å². The van der Waals surface area contributed by atoms with Gasteiger partial charge in [-0.25, -0.2) is 0 Å². The van der Waals surface area contributed by atoms with Gasteiger partial charge in [-0.3, -0.25) is 14.5 Å². The topological polar surface area (TPSA) is 62.5 Å². The van der Waals surface area contributed by atoms with Crippen molar-refractivity contribution < 1.29 is 9.90 Å². The maximum atomic E-state index is 11.6. The van der Waals surface area contributed by atoms with Crippen molar-refractivity contribution in [3.8, 4) is 0 Å². The first-order chi connectivity index (χ1) is 9.16. The molecule has 3 heterocycles. The Morgan fingerprint density at radius 3 is 2.84 bits per heavy atom. The van der Waals surface area contributed by atoms with Crippen LogP contribution in [0.1, 0.15) is 19.3 Å². The molecule has 2 saturated heterocycles. The summed E-state index contributed by atoms with van der Waals surface area (Å²) in [5.74, 6) is -0.889. The van der Waals surface area contributed by atoms with Gasteiger partial charge >= 0.3 is 5.97 Å². The van der Waals surface area contributed by atoms with Gasteiger partial charge < -0.3 is 9.67 Å². The van der Waals surface area contributed by atoms with Gasteiger partial charge in [-0.1, -0.05) is 6.07 Å². The molecule has 0 spiro atoms. The van der Waals surface area contributed by atoms with Gasteiger partial charge in [0.25, 0.3) is 5.56 Å². The molecule has 1 aromatic heterocycles. The summed E-state index contributed by atoms with van der Waals surface area (Å²) in [4.78, 5) is 25.1. The summed E-state index contributed by atoms with van der Waals surface area (Å²) in [5.41, 5.74) is 0.00354. The van der Waals surface area contributed by atoms with Crippen LogP contribution in [0.2, 0.25) is 0 Å². The molecule has 5 nitrogen and oxygen atoms in total. The molecule has 3 unspecified atom stereocenters. The van der Waals surface area contributed by atoms with E-state index < -0.39 is 5.97 Å². The zero-order valence-corrected chi connectivity index (χ0v) is 10.7. The molecule has 0 amide bonds. The van der Waals surface area contributed by atoms with Crippen LogP contribution in [0.3, 0.4) is 0 Å². The maximum Gasteiger partial charge on any atom is 0.308 e. The Morgan fingerprint density at radius 2 is 2.16 bits per heavy atom. The van der Waals surface area contributed by atoms with Gasteiger partial charge in [0.1, 0.15) is 0 Å². The monoisotopic (exact) mass is 262 g/mol. The lowest BCUT2D eigenvalue weighted by Crippen LogP contribution is -2.36. The zero-order valence-electron chi connectivity index (χ0n) is 10.7. The molecular formula is C14H18N2O3. The molecule has 1 aromatic rings. The Morgan fingerprint density at radius 1 is 1.32 bits per heavy atom. The van der Waals surface area contributed by atoms with Crippen molar-refractivity contribution in [3.63, 3.8) is 0 Å². The van der Waals surface area contributed by atoms with E-state index in [2.05, 4.69) is 4.90 Å². The van der Waals surface area contributed by atoms with Gasteiger partial charge in [-0.15, -0.1) is 0 Å². The molecule has 3 atom stereocenters. The van der Waals surface area contributed by atoms with Crippen LogP contribution in [-0.2, 0) is 11.3 Å². The van der Waals surface area contributed by atoms with Gasteiger partial charge in [0.05, 0.1) is 5.92 Å². The Bertz CT molecular complexity index is 539. The van der Waals surface area contributed by atoms with Crippen LogP contribution in [0.4, 0.5) is 0 Å². The number of nitrogens with zero attached hydrogens (tertiary/aromatic N) is 2. The highest BCUT2D eigenvalue weighted by Gasteiger charge is 2.48. The smallest absolute Gasteiger partial charge is 0.308 e. The summed E-state index contributed by atoms with van der Waals surface area (Å²) in [6.07, 6.45) is 4.63. The highest BCUT2D eigenvalue weighted by atomic mass is 16.4. The quantitative estimate of drug-likeness (QED) is 0.871. The highest BCUT2D eigenvalue weighted by Crippen LogP contribution is 2.41. The number of carboxylic acids is 1. The van der Waals surface area contributed by atoms with Gasteiger partial charge in [-0.05, 0) is 25.3 Å². The van der Waals surface area contributed by atoms with Crippen LogP contribution in [0, 0.1) is 5.92 Å². The third-order valence-electron chi connectivity index (χ3n) is 4.50. The standard InChI is InChI=1S/C14H18N2O3/c17-13-3-1-2-6-15(13)7-8-16-10-4-5-12(16)11(9-10)14(18)19/h1-3,6,10-12H,4-5,7-9H2,(H,18,19). The molecule has 1 N–H and O–H groups in total. The Kier molecular flexibility index (Phi) is 3.14. The fourth-order valence-electron chi connectivity index (χ4n) is 3.58. The lowest BCUT2D eigenvalue weighted by Gasteiger charge is -2.22. The Hall–Kier alpha value is -1.62. The van der Waals surface area contributed by atoms with Crippen molar-refractivity contribution in [2.75, 3.05) is 6.54 Å². The van der Waals surface area contributed by atoms with E-state index in [0.717, 1.165) is 25.8 Å². The molecule has 5 heteroatoms. The summed E-state index contributed by atoms with van der Waals surface area (Å²) in [7, 11) is 0. The van der Waals surface area contributed by atoms with Crippen molar-refractivity contribution in [2.24, 2.45) is 5.92 Å². The summed E-state index contributed by atoms with van der Waals surface area (Å²) < 4.78 is 1.69. The van der Waals surface area contributed by atoms with Crippen molar-refractivity contribution >= 4 is 5.97 Å². The molecule has 3 rings (SSSR count). The van der Waals surface area contributed by atoms with E-state index in [1.54, 1.807) is 22.9 Å². The molecule has 102 valence electrons. The van der Waals surface area contributed by atoms with E-state index in [0.29, 0.717) is 12.6 Å². The first kappa shape index (κ1) is 12.4. The predicted molar refractivity (Wildman–Crippen MR) is 70.0 cm³/mol. The number of carboxylic acid groups (broad SMARTS) is 1. The first-order valence-corrected chi connectivity index (χ1v) is 6.81. The largest absolute Gasteiger partial charge is 0.481 e. The second-order valence-corrected chi connectivity index (χ2v) is 5.45. The second-order valence-electron chi connectivity index (χ2n) is 5.45. The van der Waals surface area contributed by atoms with Crippen LogP contribution in [0.15, 0.2) is 29.2 Å². The number of carbonyl (C=O) groups is 1. The number of hydrogen-bond acceptors (Lipinski definition) is 3. The molecule has 2 fully saturated rings. The predicted octanol–water partition coefficient (Wildman–Crippen LogP) is 0.786. The lowest BCUT2D eigenvalue weighted by molar-refractivity contribution is -0.142.